The summed E-state index contributed by atoms with van der Waals surface area (Å²) in [6.45, 7) is 0. The fourth-order valence-electron chi connectivity index (χ4n) is 3.35. The maximum absolute atomic E-state index is 14.1. The van der Waals surface area contributed by atoms with Crippen LogP contribution in [0.1, 0.15) is 11.3 Å². The van der Waals surface area contributed by atoms with Crippen molar-refractivity contribution in [3.8, 4) is 23.3 Å². The van der Waals surface area contributed by atoms with Gasteiger partial charge in [0.2, 0.25) is 0 Å². The molecule has 4 aromatic rings. The summed E-state index contributed by atoms with van der Waals surface area (Å²) >= 11 is 5.64. The third-order valence-electron chi connectivity index (χ3n) is 5.05. The lowest BCUT2D eigenvalue weighted by Crippen LogP contribution is -2.17. The molecule has 1 aromatic heterocycles. The number of nitriles is 1. The van der Waals surface area contributed by atoms with Gasteiger partial charge in [-0.05, 0) is 48.5 Å². The van der Waals surface area contributed by atoms with Gasteiger partial charge in [-0.1, -0.05) is 11.6 Å². The SMILES string of the molecule is COc1cc2c(Oc3ccc(S(=O)(=O)Nc4ccc(Cl)cc4C(F)(F)F)cc3)cc(C#N)nc2cc1F. The van der Waals surface area contributed by atoms with Gasteiger partial charge in [0.15, 0.2) is 11.6 Å². The second-order valence-corrected chi connectivity index (χ2v) is 9.61. The molecule has 0 atom stereocenters. The first-order chi connectivity index (χ1) is 17.4. The van der Waals surface area contributed by atoms with E-state index in [9.17, 15) is 31.2 Å². The Kier molecular flexibility index (Phi) is 6.86. The van der Waals surface area contributed by atoms with Crippen molar-refractivity contribution < 1.29 is 35.5 Å². The van der Waals surface area contributed by atoms with Gasteiger partial charge < -0.3 is 9.47 Å². The number of methoxy groups -OCH3 is 1. The minimum Gasteiger partial charge on any atom is -0.494 e. The molecular formula is C24H14ClF4N3O4S. The van der Waals surface area contributed by atoms with Crippen molar-refractivity contribution in [1.82, 2.24) is 4.98 Å². The average molecular weight is 552 g/mol. The Balaban J connectivity index is 1.65. The van der Waals surface area contributed by atoms with Crippen LogP contribution in [0, 0.1) is 17.1 Å². The van der Waals surface area contributed by atoms with E-state index < -0.39 is 33.3 Å². The number of rotatable bonds is 6. The first kappa shape index (κ1) is 26.0. The molecule has 37 heavy (non-hydrogen) atoms. The molecule has 4 rings (SSSR count). The number of anilines is 1. The van der Waals surface area contributed by atoms with Crippen molar-refractivity contribution >= 4 is 38.2 Å². The van der Waals surface area contributed by atoms with Crippen molar-refractivity contribution in [3.63, 3.8) is 0 Å². The molecule has 0 fully saturated rings. The van der Waals surface area contributed by atoms with Crippen LogP contribution in [-0.4, -0.2) is 20.5 Å². The summed E-state index contributed by atoms with van der Waals surface area (Å²) < 4.78 is 92.3. The topological polar surface area (TPSA) is 101 Å². The van der Waals surface area contributed by atoms with Crippen LogP contribution in [0.15, 0.2) is 65.6 Å². The second kappa shape index (κ2) is 9.76. The number of sulfonamides is 1. The highest BCUT2D eigenvalue weighted by Gasteiger charge is 2.35. The molecular weight excluding hydrogens is 538 g/mol. The number of aromatic nitrogens is 1. The van der Waals surface area contributed by atoms with Gasteiger partial charge in [0, 0.05) is 22.5 Å². The molecule has 0 aliphatic rings. The van der Waals surface area contributed by atoms with Crippen LogP contribution < -0.4 is 14.2 Å². The van der Waals surface area contributed by atoms with Crippen LogP contribution in [-0.2, 0) is 16.2 Å². The van der Waals surface area contributed by atoms with Crippen molar-refractivity contribution in [2.24, 2.45) is 0 Å². The number of benzene rings is 3. The lowest BCUT2D eigenvalue weighted by Gasteiger charge is -2.15. The van der Waals surface area contributed by atoms with Crippen LogP contribution >= 0.6 is 11.6 Å². The zero-order valence-electron chi connectivity index (χ0n) is 18.6. The van der Waals surface area contributed by atoms with E-state index in [0.29, 0.717) is 11.5 Å². The summed E-state index contributed by atoms with van der Waals surface area (Å²) in [6, 6.07) is 13.0. The Hall–Kier alpha value is -4.08. The number of alkyl halides is 3. The maximum atomic E-state index is 14.1. The van der Waals surface area contributed by atoms with Gasteiger partial charge in [-0.15, -0.1) is 0 Å². The number of hydrogen-bond donors (Lipinski definition) is 1. The van der Waals surface area contributed by atoms with Gasteiger partial charge in [-0.3, -0.25) is 4.72 Å². The number of nitrogens with zero attached hydrogens (tertiary/aromatic N) is 2. The third kappa shape index (κ3) is 5.52. The number of nitrogens with one attached hydrogen (secondary N) is 1. The van der Waals surface area contributed by atoms with Gasteiger partial charge in [0.05, 0.1) is 28.8 Å². The molecule has 7 nitrogen and oxygen atoms in total. The van der Waals surface area contributed by atoms with E-state index in [1.807, 2.05) is 10.8 Å². The molecule has 0 spiro atoms. The van der Waals surface area contributed by atoms with E-state index in [1.165, 1.54) is 31.4 Å². The molecule has 0 saturated heterocycles. The van der Waals surface area contributed by atoms with Crippen LogP contribution in [0.4, 0.5) is 23.2 Å². The number of halogens is 5. The molecule has 190 valence electrons. The first-order valence-corrected chi connectivity index (χ1v) is 12.0. The van der Waals surface area contributed by atoms with Crippen LogP contribution in [0.2, 0.25) is 5.02 Å². The predicted octanol–water partition coefficient (Wildman–Crippen LogP) is 6.52. The molecule has 13 heteroatoms. The Morgan fingerprint density at radius 3 is 2.35 bits per heavy atom. The molecule has 0 amide bonds. The Labute approximate surface area is 212 Å². The maximum Gasteiger partial charge on any atom is 0.418 e. The van der Waals surface area contributed by atoms with E-state index in [4.69, 9.17) is 21.1 Å². The molecule has 0 unspecified atom stereocenters. The minimum atomic E-state index is -4.85. The quantitative estimate of drug-likeness (QED) is 0.274. The molecule has 0 bridgehead atoms. The Bertz CT molecular complexity index is 1650. The van der Waals surface area contributed by atoms with Gasteiger partial charge in [-0.25, -0.2) is 17.8 Å². The standard InChI is InChI=1S/C24H14ClF4N3O4S/c1-35-23-10-17-21(11-19(23)26)31-14(12-30)9-22(17)36-15-3-5-16(6-4-15)37(33,34)32-20-7-2-13(25)8-18(20)24(27,28)29/h2-11,32H,1H3. The largest absolute Gasteiger partial charge is 0.494 e. The third-order valence-corrected chi connectivity index (χ3v) is 6.67. The molecule has 1 heterocycles. The molecule has 0 aliphatic heterocycles. The smallest absolute Gasteiger partial charge is 0.418 e. The van der Waals surface area contributed by atoms with E-state index in [1.54, 1.807) is 0 Å². The van der Waals surface area contributed by atoms with Crippen molar-refractivity contribution in [2.75, 3.05) is 11.8 Å². The van der Waals surface area contributed by atoms with Crippen molar-refractivity contribution in [3.05, 3.63) is 82.8 Å². The number of fused-ring (bicyclic) bond motifs is 1. The second-order valence-electron chi connectivity index (χ2n) is 7.49. The highest BCUT2D eigenvalue weighted by atomic mass is 35.5. The van der Waals surface area contributed by atoms with Crippen LogP contribution in [0.25, 0.3) is 10.9 Å². The molecule has 0 radical (unpaired) electrons. The minimum absolute atomic E-state index is 0.0566. The average Bonchev–Trinajstić information content (AvgIpc) is 2.84. The zero-order valence-corrected chi connectivity index (χ0v) is 20.2. The monoisotopic (exact) mass is 551 g/mol. The highest BCUT2D eigenvalue weighted by molar-refractivity contribution is 7.92. The molecule has 3 aromatic carbocycles. The van der Waals surface area contributed by atoms with Gasteiger partial charge in [0.1, 0.15) is 23.3 Å². The summed E-state index contributed by atoms with van der Waals surface area (Å²) in [5.41, 5.74) is -1.86. The Morgan fingerprint density at radius 2 is 1.73 bits per heavy atom. The molecule has 0 saturated carbocycles. The summed E-state index contributed by atoms with van der Waals surface area (Å²) in [7, 11) is -3.14. The fourth-order valence-corrected chi connectivity index (χ4v) is 4.60. The summed E-state index contributed by atoms with van der Waals surface area (Å²) in [5.74, 6) is -0.539. The number of hydrogen-bond acceptors (Lipinski definition) is 6. The van der Waals surface area contributed by atoms with E-state index in [2.05, 4.69) is 4.98 Å². The van der Waals surface area contributed by atoms with E-state index in [0.717, 1.165) is 30.3 Å². The summed E-state index contributed by atoms with van der Waals surface area (Å²) in [4.78, 5) is 3.69. The lowest BCUT2D eigenvalue weighted by molar-refractivity contribution is -0.136. The Morgan fingerprint density at radius 1 is 1.03 bits per heavy atom. The predicted molar refractivity (Wildman–Crippen MR) is 127 cm³/mol. The molecule has 0 aliphatic carbocycles. The van der Waals surface area contributed by atoms with E-state index >= 15 is 0 Å². The van der Waals surface area contributed by atoms with Crippen LogP contribution in [0.3, 0.4) is 0 Å². The number of ether oxygens (including phenoxy) is 2. The number of pyridine rings is 1. The van der Waals surface area contributed by atoms with Crippen molar-refractivity contribution in [1.29, 1.82) is 5.26 Å². The molecule has 1 N–H and O–H groups in total. The highest BCUT2D eigenvalue weighted by Crippen LogP contribution is 2.38. The van der Waals surface area contributed by atoms with Gasteiger partial charge in [0.25, 0.3) is 10.0 Å². The fraction of sp³-hybridized carbons (Fsp3) is 0.0833. The lowest BCUT2D eigenvalue weighted by atomic mass is 10.1. The first-order valence-electron chi connectivity index (χ1n) is 10.2. The summed E-state index contributed by atoms with van der Waals surface area (Å²) in [6.07, 6.45) is -4.85. The van der Waals surface area contributed by atoms with E-state index in [-0.39, 0.29) is 38.4 Å². The van der Waals surface area contributed by atoms with Gasteiger partial charge >= 0.3 is 6.18 Å². The van der Waals surface area contributed by atoms with Crippen LogP contribution in [0.5, 0.6) is 17.2 Å². The normalized spacial score (nSPS) is 11.7. The zero-order chi connectivity index (χ0) is 27.0. The summed E-state index contributed by atoms with van der Waals surface area (Å²) in [5, 5.41) is 9.36. The van der Waals surface area contributed by atoms with Gasteiger partial charge in [-0.2, -0.15) is 18.4 Å². The van der Waals surface area contributed by atoms with Crippen molar-refractivity contribution in [2.45, 2.75) is 11.1 Å².